The van der Waals surface area contributed by atoms with Crippen LogP contribution in [0.4, 0.5) is 0 Å². The summed E-state index contributed by atoms with van der Waals surface area (Å²) in [5.74, 6) is -2.68. The van der Waals surface area contributed by atoms with Crippen molar-refractivity contribution in [2.75, 3.05) is 20.7 Å². The Morgan fingerprint density at radius 2 is 1.79 bits per heavy atom. The van der Waals surface area contributed by atoms with Crippen LogP contribution in [0.25, 0.3) is 0 Å². The Bertz CT molecular complexity index is 1060. The van der Waals surface area contributed by atoms with Crippen LogP contribution in [0.1, 0.15) is 81.1 Å². The van der Waals surface area contributed by atoms with Gasteiger partial charge in [-0.2, -0.15) is 0 Å². The summed E-state index contributed by atoms with van der Waals surface area (Å²) < 4.78 is 38.8. The fourth-order valence-corrected chi connectivity index (χ4v) is 7.83. The first-order valence-corrected chi connectivity index (χ1v) is 16.0. The molecule has 1 unspecified atom stereocenters. The van der Waals surface area contributed by atoms with Crippen LogP contribution in [-0.2, 0) is 33.2 Å². The zero-order valence-electron chi connectivity index (χ0n) is 27.8. The molecule has 3 fully saturated rings. The van der Waals surface area contributed by atoms with Crippen LogP contribution in [0.15, 0.2) is 24.0 Å². The fraction of sp³-hybridized carbons (Fsp3) is 0.848. The van der Waals surface area contributed by atoms with E-state index in [0.29, 0.717) is 38.0 Å². The number of hydrogen-bond acceptors (Lipinski definition) is 10. The normalized spacial score (nSPS) is 47.0. The smallest absolute Gasteiger partial charge is 0.311 e. The average molecular weight is 610 g/mol. The molecule has 3 bridgehead atoms. The second-order valence-corrected chi connectivity index (χ2v) is 13.9. The third-order valence-electron chi connectivity index (χ3n) is 10.1. The van der Waals surface area contributed by atoms with Gasteiger partial charge in [-0.25, -0.2) is 0 Å². The number of fused-ring (bicyclic) bond motifs is 2. The summed E-state index contributed by atoms with van der Waals surface area (Å²) in [6.07, 6.45) is -0.473. The molecule has 0 amide bonds. The molecule has 3 saturated heterocycles. The van der Waals surface area contributed by atoms with Gasteiger partial charge < -0.3 is 43.5 Å². The minimum atomic E-state index is -1.17. The van der Waals surface area contributed by atoms with Gasteiger partial charge in [0.15, 0.2) is 12.1 Å². The number of cyclic esters (lactones) is 1. The Morgan fingerprint density at radius 3 is 2.40 bits per heavy atom. The van der Waals surface area contributed by atoms with Gasteiger partial charge in [0.05, 0.1) is 42.2 Å². The van der Waals surface area contributed by atoms with Crippen molar-refractivity contribution in [1.82, 2.24) is 4.90 Å². The Labute approximate surface area is 257 Å². The van der Waals surface area contributed by atoms with Crippen LogP contribution < -0.4 is 0 Å². The molecule has 4 heterocycles. The van der Waals surface area contributed by atoms with Crippen molar-refractivity contribution in [1.29, 1.82) is 0 Å². The summed E-state index contributed by atoms with van der Waals surface area (Å²) in [6, 6.07) is -0.180. The standard InChI is InChI=1S/C33H55NO9/c1-12-25-31(8)17-23(14-19(4)38-13-2)33(42-31)18(3)16-32(9,43-33)28(21(6)26(35)22(7)29(37)40-25)41-30-27(36)24(34(10)11)15-20(5)39-30/h17-18,20-22,24-28,30,35-36H,4,12-16H2,1-3,5-11H3/t18-,20-,21+,22-,24+,25-,26+,27-,28-,30+,31+,32-,33?/m1/s1. The van der Waals surface area contributed by atoms with E-state index in [2.05, 4.69) is 13.5 Å². The Hall–Kier alpha value is -1.53. The molecule has 1 spiro atoms. The summed E-state index contributed by atoms with van der Waals surface area (Å²) in [7, 11) is 3.85. The van der Waals surface area contributed by atoms with Gasteiger partial charge in [-0.3, -0.25) is 4.79 Å². The lowest BCUT2D eigenvalue weighted by atomic mass is 9.78. The number of ether oxygens (including phenoxy) is 6. The maximum atomic E-state index is 13.5. The Kier molecular flexibility index (Phi) is 10.1. The lowest BCUT2D eigenvalue weighted by Gasteiger charge is -2.47. The van der Waals surface area contributed by atoms with Crippen LogP contribution in [0.2, 0.25) is 0 Å². The van der Waals surface area contributed by atoms with Gasteiger partial charge in [0, 0.05) is 24.3 Å². The maximum Gasteiger partial charge on any atom is 0.311 e. The quantitative estimate of drug-likeness (QED) is 0.238. The van der Waals surface area contributed by atoms with E-state index in [9.17, 15) is 15.0 Å². The highest BCUT2D eigenvalue weighted by atomic mass is 16.8. The molecular weight excluding hydrogens is 554 g/mol. The molecule has 4 rings (SSSR count). The van der Waals surface area contributed by atoms with Crippen molar-refractivity contribution < 1.29 is 43.4 Å². The Morgan fingerprint density at radius 1 is 1.12 bits per heavy atom. The molecule has 246 valence electrons. The third-order valence-corrected chi connectivity index (χ3v) is 10.1. The molecule has 0 aliphatic carbocycles. The topological polar surface area (TPSA) is 116 Å². The number of esters is 1. The van der Waals surface area contributed by atoms with Crippen molar-refractivity contribution in [3.63, 3.8) is 0 Å². The maximum absolute atomic E-state index is 13.5. The predicted molar refractivity (Wildman–Crippen MR) is 161 cm³/mol. The van der Waals surface area contributed by atoms with Gasteiger partial charge in [-0.05, 0) is 79.6 Å². The van der Waals surface area contributed by atoms with Crippen molar-refractivity contribution in [2.45, 2.75) is 141 Å². The van der Waals surface area contributed by atoms with E-state index >= 15 is 0 Å². The van der Waals surface area contributed by atoms with Gasteiger partial charge >= 0.3 is 5.97 Å². The lowest BCUT2D eigenvalue weighted by molar-refractivity contribution is -0.328. The van der Waals surface area contributed by atoms with E-state index < -0.39 is 65.5 Å². The highest BCUT2D eigenvalue weighted by Crippen LogP contribution is 2.57. The molecule has 10 heteroatoms. The number of carbonyl (C=O) groups excluding carboxylic acids is 1. The number of aliphatic hydroxyl groups excluding tert-OH is 2. The van der Waals surface area contributed by atoms with Gasteiger partial charge in [0.25, 0.3) is 0 Å². The largest absolute Gasteiger partial charge is 0.499 e. The van der Waals surface area contributed by atoms with E-state index in [1.807, 2.05) is 66.6 Å². The first kappa shape index (κ1) is 34.3. The van der Waals surface area contributed by atoms with Crippen LogP contribution in [0.3, 0.4) is 0 Å². The number of carbonyl (C=O) groups is 1. The summed E-state index contributed by atoms with van der Waals surface area (Å²) in [5, 5.41) is 23.0. The minimum Gasteiger partial charge on any atom is -0.499 e. The molecule has 13 atom stereocenters. The monoisotopic (exact) mass is 609 g/mol. The molecule has 0 aromatic rings. The second kappa shape index (κ2) is 12.7. The van der Waals surface area contributed by atoms with Crippen LogP contribution in [0, 0.1) is 17.8 Å². The molecular formula is C33H55NO9. The lowest BCUT2D eigenvalue weighted by Crippen LogP contribution is -2.59. The number of hydrogen-bond donors (Lipinski definition) is 2. The van der Waals surface area contributed by atoms with E-state index in [4.69, 9.17) is 28.4 Å². The predicted octanol–water partition coefficient (Wildman–Crippen LogP) is 3.93. The zero-order valence-corrected chi connectivity index (χ0v) is 27.8. The number of rotatable bonds is 8. The van der Waals surface area contributed by atoms with Gasteiger partial charge in [0.1, 0.15) is 17.8 Å². The summed E-state index contributed by atoms with van der Waals surface area (Å²) in [6.45, 7) is 19.9. The van der Waals surface area contributed by atoms with Crippen LogP contribution >= 0.6 is 0 Å². The molecule has 2 N–H and O–H groups in total. The molecule has 10 nitrogen and oxygen atoms in total. The molecule has 43 heavy (non-hydrogen) atoms. The molecule has 0 aromatic carbocycles. The highest BCUT2D eigenvalue weighted by molar-refractivity contribution is 5.73. The van der Waals surface area contributed by atoms with Gasteiger partial charge in [-0.1, -0.05) is 27.4 Å². The molecule has 0 aromatic heterocycles. The number of likely N-dealkylation sites (N-methyl/N-ethyl adjacent to an activating group) is 1. The summed E-state index contributed by atoms with van der Waals surface area (Å²) in [5.41, 5.74) is -1.12. The van der Waals surface area contributed by atoms with E-state index in [1.54, 1.807) is 6.92 Å². The first-order chi connectivity index (χ1) is 20.0. The number of aliphatic hydroxyl groups is 2. The average Bonchev–Trinajstić information content (AvgIpc) is 3.36. The fourth-order valence-electron chi connectivity index (χ4n) is 7.83. The molecule has 0 saturated carbocycles. The second-order valence-electron chi connectivity index (χ2n) is 13.9. The van der Waals surface area contributed by atoms with Crippen molar-refractivity contribution in [3.05, 3.63) is 24.0 Å². The highest BCUT2D eigenvalue weighted by Gasteiger charge is 2.65. The van der Waals surface area contributed by atoms with Crippen LogP contribution in [0.5, 0.6) is 0 Å². The minimum absolute atomic E-state index is 0.146. The third kappa shape index (κ3) is 6.30. The molecule has 4 aliphatic rings. The zero-order chi connectivity index (χ0) is 32.1. The van der Waals surface area contributed by atoms with Crippen molar-refractivity contribution >= 4 is 5.97 Å². The van der Waals surface area contributed by atoms with Gasteiger partial charge in [-0.15, -0.1) is 0 Å². The van der Waals surface area contributed by atoms with E-state index in [1.165, 1.54) is 0 Å². The van der Waals surface area contributed by atoms with E-state index in [-0.39, 0.29) is 18.1 Å². The van der Waals surface area contributed by atoms with Crippen molar-refractivity contribution in [3.8, 4) is 0 Å². The molecule has 4 aliphatic heterocycles. The summed E-state index contributed by atoms with van der Waals surface area (Å²) in [4.78, 5) is 15.5. The SMILES string of the molecule is C=C(CC1=C[C@]2(C)OC13O[C@](C)(C[C@H]3C)[C@H](O[C@@H]1O[C@H](C)C[C@H](N(C)C)[C@H]1O)[C@@H](C)[C@H](O)[C@@H](C)C(=O)O[C@@H]2CC)OCC. The van der Waals surface area contributed by atoms with E-state index in [0.717, 1.165) is 5.57 Å². The molecule has 0 radical (unpaired) electrons. The Balaban J connectivity index is 1.81. The summed E-state index contributed by atoms with van der Waals surface area (Å²) >= 11 is 0. The van der Waals surface area contributed by atoms with Crippen LogP contribution in [-0.4, -0.2) is 102 Å². The van der Waals surface area contributed by atoms with Crippen molar-refractivity contribution in [2.24, 2.45) is 17.8 Å². The number of nitrogens with zero attached hydrogens (tertiary/aromatic N) is 1. The first-order valence-electron chi connectivity index (χ1n) is 16.0. The number of allylic oxidation sites excluding steroid dienone is 1. The van der Waals surface area contributed by atoms with Gasteiger partial charge in [0.2, 0.25) is 0 Å².